The van der Waals surface area contributed by atoms with E-state index in [-0.39, 0.29) is 6.61 Å². The van der Waals surface area contributed by atoms with Crippen LogP contribution in [0, 0.1) is 34.6 Å². The fourth-order valence-electron chi connectivity index (χ4n) is 3.55. The maximum absolute atomic E-state index is 9.14. The van der Waals surface area contributed by atoms with E-state index in [1.54, 1.807) is 0 Å². The van der Waals surface area contributed by atoms with Gasteiger partial charge in [0.1, 0.15) is 0 Å². The van der Waals surface area contributed by atoms with Gasteiger partial charge in [0.15, 0.2) is 0 Å². The van der Waals surface area contributed by atoms with E-state index in [1.807, 2.05) is 11.6 Å². The van der Waals surface area contributed by atoms with Crippen LogP contribution in [0.25, 0.3) is 10.9 Å². The highest BCUT2D eigenvalue weighted by atomic mass is 16.3. The van der Waals surface area contributed by atoms with E-state index >= 15 is 0 Å². The average Bonchev–Trinajstić information content (AvgIpc) is 2.99. The molecule has 0 saturated heterocycles. The lowest BCUT2D eigenvalue weighted by Gasteiger charge is -2.09. The number of hydrogen-bond donors (Lipinski definition) is 3. The summed E-state index contributed by atoms with van der Waals surface area (Å²) in [7, 11) is 0. The second-order valence-corrected chi connectivity index (χ2v) is 6.92. The summed E-state index contributed by atoms with van der Waals surface area (Å²) in [5.41, 5.74) is 9.75. The van der Waals surface area contributed by atoms with Crippen molar-refractivity contribution in [1.82, 2.24) is 20.1 Å². The summed E-state index contributed by atoms with van der Waals surface area (Å²) in [5, 5.41) is 18.5. The number of H-pyrrole nitrogens is 1. The highest BCUT2D eigenvalue weighted by Crippen LogP contribution is 2.26. The van der Waals surface area contributed by atoms with Crippen LogP contribution in [-0.4, -0.2) is 26.5 Å². The molecule has 5 nitrogen and oxygen atoms in total. The van der Waals surface area contributed by atoms with Gasteiger partial charge in [-0.25, -0.2) is 0 Å². The summed E-state index contributed by atoms with van der Waals surface area (Å²) in [6, 6.07) is 4.50. The number of nitrogens with zero attached hydrogens (tertiary/aromatic N) is 2. The molecular formula is C20H28N4O. The van der Waals surface area contributed by atoms with E-state index in [0.717, 1.165) is 24.5 Å². The number of fused-ring (bicyclic) bond motifs is 1. The minimum Gasteiger partial charge on any atom is -0.394 e. The summed E-state index contributed by atoms with van der Waals surface area (Å²) in [6.45, 7) is 12.8. The molecule has 0 aliphatic carbocycles. The first-order chi connectivity index (χ1) is 11.9. The molecule has 3 aromatic rings. The molecule has 0 aliphatic heterocycles. The summed E-state index contributed by atoms with van der Waals surface area (Å²) < 4.78 is 1.88. The van der Waals surface area contributed by atoms with E-state index in [9.17, 15) is 0 Å². The van der Waals surface area contributed by atoms with Crippen LogP contribution in [-0.2, 0) is 19.6 Å². The minimum absolute atomic E-state index is 0.113. The summed E-state index contributed by atoms with van der Waals surface area (Å²) >= 11 is 0. The maximum atomic E-state index is 9.14. The molecule has 3 N–H and O–H groups in total. The fourth-order valence-corrected chi connectivity index (χ4v) is 3.55. The van der Waals surface area contributed by atoms with Crippen molar-refractivity contribution in [3.63, 3.8) is 0 Å². The Labute approximate surface area is 149 Å². The van der Waals surface area contributed by atoms with Gasteiger partial charge in [-0.2, -0.15) is 5.10 Å². The molecule has 0 atom stereocenters. The normalized spacial score (nSPS) is 11.6. The van der Waals surface area contributed by atoms with Gasteiger partial charge in [0, 0.05) is 35.4 Å². The quantitative estimate of drug-likeness (QED) is 0.646. The Hall–Kier alpha value is -2.11. The lowest BCUT2D eigenvalue weighted by atomic mass is 10.0. The van der Waals surface area contributed by atoms with Gasteiger partial charge in [-0.1, -0.05) is 11.6 Å². The second kappa shape index (κ2) is 7.02. The molecule has 0 unspecified atom stereocenters. The van der Waals surface area contributed by atoms with Crippen molar-refractivity contribution in [3.8, 4) is 0 Å². The number of aromatic amines is 1. The third-order valence-electron chi connectivity index (χ3n) is 5.10. The molecule has 1 aromatic carbocycles. The molecule has 2 heterocycles. The van der Waals surface area contributed by atoms with Gasteiger partial charge < -0.3 is 15.4 Å². The van der Waals surface area contributed by atoms with E-state index in [4.69, 9.17) is 5.11 Å². The lowest BCUT2D eigenvalue weighted by Crippen LogP contribution is -2.14. The van der Waals surface area contributed by atoms with E-state index in [2.05, 4.69) is 55.2 Å². The monoisotopic (exact) mass is 340 g/mol. The van der Waals surface area contributed by atoms with E-state index < -0.39 is 0 Å². The lowest BCUT2D eigenvalue weighted by molar-refractivity contribution is 0.267. The summed E-state index contributed by atoms with van der Waals surface area (Å²) in [4.78, 5) is 3.53. The van der Waals surface area contributed by atoms with Gasteiger partial charge in [0.05, 0.1) is 24.4 Å². The molecule has 3 rings (SSSR count). The van der Waals surface area contributed by atoms with Crippen molar-refractivity contribution in [3.05, 3.63) is 51.5 Å². The SMILES string of the molecule is Cc1cc(CNCc2c(C)nn(CCO)c2C)c2[nH]c(C)c(C)c2c1. The molecule has 25 heavy (non-hydrogen) atoms. The zero-order valence-electron chi connectivity index (χ0n) is 15.8. The maximum Gasteiger partial charge on any atom is 0.0644 e. The molecule has 0 radical (unpaired) electrons. The van der Waals surface area contributed by atoms with Crippen LogP contribution in [0.5, 0.6) is 0 Å². The van der Waals surface area contributed by atoms with Gasteiger partial charge in [0.2, 0.25) is 0 Å². The van der Waals surface area contributed by atoms with Gasteiger partial charge >= 0.3 is 0 Å². The molecule has 0 spiro atoms. The van der Waals surface area contributed by atoms with Gasteiger partial charge in [-0.05, 0) is 51.8 Å². The molecule has 2 aromatic heterocycles. The van der Waals surface area contributed by atoms with Crippen LogP contribution in [0.15, 0.2) is 12.1 Å². The molecule has 5 heteroatoms. The second-order valence-electron chi connectivity index (χ2n) is 6.92. The number of benzene rings is 1. The van der Waals surface area contributed by atoms with Crippen LogP contribution >= 0.6 is 0 Å². The predicted molar refractivity (Wildman–Crippen MR) is 102 cm³/mol. The van der Waals surface area contributed by atoms with Gasteiger partial charge in [0.25, 0.3) is 0 Å². The van der Waals surface area contributed by atoms with Crippen molar-refractivity contribution < 1.29 is 5.11 Å². The van der Waals surface area contributed by atoms with Crippen molar-refractivity contribution in [2.24, 2.45) is 0 Å². The standard InChI is InChI=1S/C20H28N4O/c1-12-8-17(20-18(9-12)13(2)14(3)22-20)10-21-11-19-15(4)23-24(6-7-25)16(19)5/h8-9,21-22,25H,6-7,10-11H2,1-5H3. The molecule has 0 aliphatic rings. The molecule has 0 saturated carbocycles. The van der Waals surface area contributed by atoms with Crippen LogP contribution in [0.4, 0.5) is 0 Å². The predicted octanol–water partition coefficient (Wildman–Crippen LogP) is 3.19. The molecule has 0 bridgehead atoms. The number of aryl methyl sites for hydroxylation is 4. The van der Waals surface area contributed by atoms with E-state index in [1.165, 1.54) is 38.9 Å². The average molecular weight is 340 g/mol. The van der Waals surface area contributed by atoms with Crippen molar-refractivity contribution in [2.45, 2.75) is 54.3 Å². The third kappa shape index (κ3) is 3.34. The zero-order chi connectivity index (χ0) is 18.1. The first kappa shape index (κ1) is 17.7. The fraction of sp³-hybridized carbons (Fsp3) is 0.450. The Morgan fingerprint density at radius 1 is 1.12 bits per heavy atom. The number of hydrogen-bond acceptors (Lipinski definition) is 3. The van der Waals surface area contributed by atoms with Crippen LogP contribution < -0.4 is 5.32 Å². The number of aliphatic hydroxyl groups is 1. The van der Waals surface area contributed by atoms with Crippen molar-refractivity contribution in [2.75, 3.05) is 6.61 Å². The number of aliphatic hydroxyl groups excluding tert-OH is 1. The highest BCUT2D eigenvalue weighted by Gasteiger charge is 2.12. The smallest absolute Gasteiger partial charge is 0.0644 e. The molecular weight excluding hydrogens is 312 g/mol. The van der Waals surface area contributed by atoms with Crippen molar-refractivity contribution in [1.29, 1.82) is 0 Å². The number of nitrogens with one attached hydrogen (secondary N) is 2. The van der Waals surface area contributed by atoms with Crippen LogP contribution in [0.3, 0.4) is 0 Å². The largest absolute Gasteiger partial charge is 0.394 e. The first-order valence-corrected chi connectivity index (χ1v) is 8.85. The van der Waals surface area contributed by atoms with Gasteiger partial charge in [-0.3, -0.25) is 4.68 Å². The Kier molecular flexibility index (Phi) is 4.97. The third-order valence-corrected chi connectivity index (χ3v) is 5.10. The summed E-state index contributed by atoms with van der Waals surface area (Å²) in [5.74, 6) is 0. The Bertz CT molecular complexity index is 904. The first-order valence-electron chi connectivity index (χ1n) is 8.85. The minimum atomic E-state index is 0.113. The highest BCUT2D eigenvalue weighted by molar-refractivity contribution is 5.87. The molecule has 134 valence electrons. The van der Waals surface area contributed by atoms with Crippen LogP contribution in [0.1, 0.15) is 39.3 Å². The summed E-state index contributed by atoms with van der Waals surface area (Å²) in [6.07, 6.45) is 0. The Balaban J connectivity index is 1.79. The number of aromatic nitrogens is 3. The molecule has 0 fully saturated rings. The van der Waals surface area contributed by atoms with E-state index in [0.29, 0.717) is 6.54 Å². The Morgan fingerprint density at radius 2 is 1.88 bits per heavy atom. The van der Waals surface area contributed by atoms with Gasteiger partial charge in [-0.15, -0.1) is 0 Å². The number of rotatable bonds is 6. The Morgan fingerprint density at radius 3 is 2.60 bits per heavy atom. The topological polar surface area (TPSA) is 65.9 Å². The van der Waals surface area contributed by atoms with Crippen molar-refractivity contribution >= 4 is 10.9 Å². The molecule has 0 amide bonds. The van der Waals surface area contributed by atoms with Crippen LogP contribution in [0.2, 0.25) is 0 Å². The zero-order valence-corrected chi connectivity index (χ0v) is 15.8.